The number of rotatable bonds is 4. The fraction of sp³-hybridized carbons (Fsp3) is 0.133. The van der Waals surface area contributed by atoms with E-state index in [-0.39, 0.29) is 23.3 Å². The maximum absolute atomic E-state index is 13.2. The van der Waals surface area contributed by atoms with Crippen molar-refractivity contribution in [3.8, 4) is 5.75 Å². The molecule has 0 aliphatic heterocycles. The van der Waals surface area contributed by atoms with E-state index >= 15 is 0 Å². The monoisotopic (exact) mass is 293 g/mol. The lowest BCUT2D eigenvalue weighted by atomic mass is 10.2. The maximum atomic E-state index is 13.2. The summed E-state index contributed by atoms with van der Waals surface area (Å²) in [7, 11) is 0. The second-order valence-electron chi connectivity index (χ2n) is 4.23. The van der Waals surface area contributed by atoms with E-state index in [1.54, 1.807) is 6.07 Å². The first-order valence-corrected chi connectivity index (χ1v) is 6.37. The van der Waals surface area contributed by atoms with Gasteiger partial charge in [-0.1, -0.05) is 29.8 Å². The van der Waals surface area contributed by atoms with Crippen LogP contribution in [-0.4, -0.2) is 12.5 Å². The quantitative estimate of drug-likeness (QED) is 0.931. The predicted molar refractivity (Wildman–Crippen MR) is 76.7 cm³/mol. The number of amides is 1. The molecule has 0 aliphatic carbocycles. The van der Waals surface area contributed by atoms with Gasteiger partial charge in [0.1, 0.15) is 11.6 Å². The van der Waals surface area contributed by atoms with Gasteiger partial charge in [-0.2, -0.15) is 0 Å². The van der Waals surface area contributed by atoms with Crippen molar-refractivity contribution in [2.75, 3.05) is 11.9 Å². The van der Waals surface area contributed by atoms with E-state index in [1.807, 2.05) is 25.1 Å². The Morgan fingerprint density at radius 3 is 2.75 bits per heavy atom. The van der Waals surface area contributed by atoms with Crippen molar-refractivity contribution in [1.82, 2.24) is 0 Å². The Hall–Kier alpha value is -2.07. The van der Waals surface area contributed by atoms with Crippen molar-refractivity contribution in [3.63, 3.8) is 0 Å². The molecule has 0 saturated carbocycles. The van der Waals surface area contributed by atoms with Crippen molar-refractivity contribution in [2.24, 2.45) is 0 Å². The number of nitrogens with one attached hydrogen (secondary N) is 1. The normalized spacial score (nSPS) is 10.2. The molecule has 0 heterocycles. The SMILES string of the molecule is Cc1ccccc1NC(=O)COc1ccc(Cl)c(F)c1. The van der Waals surface area contributed by atoms with E-state index in [9.17, 15) is 9.18 Å². The molecule has 0 unspecified atom stereocenters. The molecule has 104 valence electrons. The number of benzene rings is 2. The van der Waals surface area contributed by atoms with Gasteiger partial charge in [-0.25, -0.2) is 4.39 Å². The minimum absolute atomic E-state index is 0.0155. The maximum Gasteiger partial charge on any atom is 0.262 e. The average Bonchev–Trinajstić information content (AvgIpc) is 2.43. The molecule has 0 saturated heterocycles. The third kappa shape index (κ3) is 3.71. The van der Waals surface area contributed by atoms with Crippen LogP contribution in [0.1, 0.15) is 5.56 Å². The van der Waals surface area contributed by atoms with Crippen molar-refractivity contribution in [2.45, 2.75) is 6.92 Å². The highest BCUT2D eigenvalue weighted by Crippen LogP contribution is 2.20. The van der Waals surface area contributed by atoms with Crippen LogP contribution in [0.4, 0.5) is 10.1 Å². The van der Waals surface area contributed by atoms with Crippen LogP contribution >= 0.6 is 11.6 Å². The highest BCUT2D eigenvalue weighted by atomic mass is 35.5. The van der Waals surface area contributed by atoms with Gasteiger partial charge in [0, 0.05) is 11.8 Å². The Bertz CT molecular complexity index is 631. The molecule has 0 bridgehead atoms. The highest BCUT2D eigenvalue weighted by Gasteiger charge is 2.07. The fourth-order valence-corrected chi connectivity index (χ4v) is 1.73. The molecule has 1 amide bonds. The predicted octanol–water partition coefficient (Wildman–Crippen LogP) is 3.81. The number of carbonyl (C=O) groups excluding carboxylic acids is 1. The Labute approximate surface area is 121 Å². The molecule has 3 nitrogen and oxygen atoms in total. The van der Waals surface area contributed by atoms with E-state index in [1.165, 1.54) is 12.1 Å². The van der Waals surface area contributed by atoms with E-state index in [0.29, 0.717) is 0 Å². The standard InChI is InChI=1S/C15H13ClFNO2/c1-10-4-2-3-5-14(10)18-15(19)9-20-11-6-7-12(16)13(17)8-11/h2-8H,9H2,1H3,(H,18,19). The molecule has 0 aromatic heterocycles. The molecule has 2 aromatic rings. The Kier molecular flexibility index (Phi) is 4.58. The lowest BCUT2D eigenvalue weighted by Gasteiger charge is -2.09. The molecule has 2 aromatic carbocycles. The topological polar surface area (TPSA) is 38.3 Å². The van der Waals surface area contributed by atoms with Crippen molar-refractivity contribution < 1.29 is 13.9 Å². The third-order valence-corrected chi connectivity index (χ3v) is 2.99. The zero-order valence-corrected chi connectivity index (χ0v) is 11.6. The Balaban J connectivity index is 1.92. The largest absolute Gasteiger partial charge is 0.484 e. The number of anilines is 1. The van der Waals surface area contributed by atoms with Gasteiger partial charge in [0.05, 0.1) is 5.02 Å². The van der Waals surface area contributed by atoms with Gasteiger partial charge in [-0.3, -0.25) is 4.79 Å². The van der Waals surface area contributed by atoms with Crippen molar-refractivity contribution in [3.05, 3.63) is 58.9 Å². The average molecular weight is 294 g/mol. The number of para-hydroxylation sites is 1. The van der Waals surface area contributed by atoms with Gasteiger partial charge < -0.3 is 10.1 Å². The molecule has 20 heavy (non-hydrogen) atoms. The summed E-state index contributed by atoms with van der Waals surface area (Å²) in [6, 6.07) is 11.4. The molecule has 0 radical (unpaired) electrons. The lowest BCUT2D eigenvalue weighted by Crippen LogP contribution is -2.20. The van der Waals surface area contributed by atoms with Crippen LogP contribution in [0.3, 0.4) is 0 Å². The van der Waals surface area contributed by atoms with Crippen molar-refractivity contribution >= 4 is 23.2 Å². The number of hydrogen-bond acceptors (Lipinski definition) is 2. The molecular weight excluding hydrogens is 281 g/mol. The van der Waals surface area contributed by atoms with Gasteiger partial charge in [-0.15, -0.1) is 0 Å². The first-order chi connectivity index (χ1) is 9.56. The van der Waals surface area contributed by atoms with Gasteiger partial charge >= 0.3 is 0 Å². The van der Waals surface area contributed by atoms with E-state index in [0.717, 1.165) is 17.3 Å². The molecule has 0 spiro atoms. The molecule has 2 rings (SSSR count). The minimum atomic E-state index is -0.580. The number of ether oxygens (including phenoxy) is 1. The summed E-state index contributed by atoms with van der Waals surface area (Å²) in [5.41, 5.74) is 1.68. The smallest absolute Gasteiger partial charge is 0.262 e. The molecular formula is C15H13ClFNO2. The second-order valence-corrected chi connectivity index (χ2v) is 4.63. The van der Waals surface area contributed by atoms with Gasteiger partial charge in [0.15, 0.2) is 6.61 Å². The molecule has 5 heteroatoms. The zero-order valence-electron chi connectivity index (χ0n) is 10.8. The number of aryl methyl sites for hydroxylation is 1. The van der Waals surface area contributed by atoms with Crippen LogP contribution in [0.15, 0.2) is 42.5 Å². The lowest BCUT2D eigenvalue weighted by molar-refractivity contribution is -0.118. The van der Waals surface area contributed by atoms with Crippen LogP contribution in [-0.2, 0) is 4.79 Å². The van der Waals surface area contributed by atoms with E-state index < -0.39 is 5.82 Å². The van der Waals surface area contributed by atoms with Crippen molar-refractivity contribution in [1.29, 1.82) is 0 Å². The zero-order chi connectivity index (χ0) is 14.5. The first-order valence-electron chi connectivity index (χ1n) is 5.99. The van der Waals surface area contributed by atoms with Crippen LogP contribution in [0.5, 0.6) is 5.75 Å². The molecule has 1 N–H and O–H groups in total. The highest BCUT2D eigenvalue weighted by molar-refractivity contribution is 6.30. The number of halogens is 2. The summed E-state index contributed by atoms with van der Waals surface area (Å²) in [5.74, 6) is -0.634. The van der Waals surface area contributed by atoms with Crippen LogP contribution in [0.25, 0.3) is 0 Å². The van der Waals surface area contributed by atoms with Gasteiger partial charge in [0.25, 0.3) is 5.91 Å². The summed E-state index contributed by atoms with van der Waals surface area (Å²) in [6.07, 6.45) is 0. The summed E-state index contributed by atoms with van der Waals surface area (Å²) >= 11 is 5.56. The van der Waals surface area contributed by atoms with Gasteiger partial charge in [0.2, 0.25) is 0 Å². The Morgan fingerprint density at radius 2 is 2.05 bits per heavy atom. The fourth-order valence-electron chi connectivity index (χ4n) is 1.61. The van der Waals surface area contributed by atoms with Crippen LogP contribution < -0.4 is 10.1 Å². The van der Waals surface area contributed by atoms with E-state index in [2.05, 4.69) is 5.32 Å². The summed E-state index contributed by atoms with van der Waals surface area (Å²) in [5, 5.41) is 2.74. The second kappa shape index (κ2) is 6.39. The van der Waals surface area contributed by atoms with Crippen LogP contribution in [0, 0.1) is 12.7 Å². The third-order valence-electron chi connectivity index (χ3n) is 2.68. The summed E-state index contributed by atoms with van der Waals surface area (Å²) in [6.45, 7) is 1.69. The minimum Gasteiger partial charge on any atom is -0.484 e. The van der Waals surface area contributed by atoms with E-state index in [4.69, 9.17) is 16.3 Å². The number of carbonyl (C=O) groups is 1. The number of hydrogen-bond donors (Lipinski definition) is 1. The van der Waals surface area contributed by atoms with Crippen LogP contribution in [0.2, 0.25) is 5.02 Å². The Morgan fingerprint density at radius 1 is 1.30 bits per heavy atom. The summed E-state index contributed by atoms with van der Waals surface area (Å²) in [4.78, 5) is 11.7. The first kappa shape index (κ1) is 14.3. The molecule has 0 fully saturated rings. The summed E-state index contributed by atoms with van der Waals surface area (Å²) < 4.78 is 18.4. The molecule has 0 aliphatic rings. The molecule has 0 atom stereocenters. The van der Waals surface area contributed by atoms with Gasteiger partial charge in [-0.05, 0) is 30.7 Å².